The van der Waals surface area contributed by atoms with Gasteiger partial charge < -0.3 is 9.47 Å². The van der Waals surface area contributed by atoms with Gasteiger partial charge >= 0.3 is 5.97 Å². The van der Waals surface area contributed by atoms with Crippen molar-refractivity contribution in [3.63, 3.8) is 0 Å². The van der Waals surface area contributed by atoms with Crippen LogP contribution in [0.1, 0.15) is 27.6 Å². The summed E-state index contributed by atoms with van der Waals surface area (Å²) in [6, 6.07) is 13.8. The van der Waals surface area contributed by atoms with E-state index in [2.05, 4.69) is 22.6 Å². The van der Waals surface area contributed by atoms with Gasteiger partial charge in [0, 0.05) is 9.13 Å². The van der Waals surface area contributed by atoms with Gasteiger partial charge in [0.25, 0.3) is 0 Å². The van der Waals surface area contributed by atoms with Gasteiger partial charge in [0.15, 0.2) is 12.4 Å². The van der Waals surface area contributed by atoms with Gasteiger partial charge in [-0.1, -0.05) is 12.1 Å². The molecule has 0 unspecified atom stereocenters. The standard InChI is InChI=1S/C17H15IO4/c1-2-21-17(20)13-5-9-15(10-6-13)22-11-16(19)12-3-7-14(18)8-4-12/h3-10H,2,11H2,1H3. The van der Waals surface area contributed by atoms with Crippen molar-refractivity contribution in [2.45, 2.75) is 6.92 Å². The molecule has 0 bridgehead atoms. The Hall–Kier alpha value is -1.89. The molecule has 0 radical (unpaired) electrons. The minimum atomic E-state index is -0.371. The molecule has 0 heterocycles. The lowest BCUT2D eigenvalue weighted by Crippen LogP contribution is -2.11. The van der Waals surface area contributed by atoms with Crippen LogP contribution < -0.4 is 4.74 Å². The fourth-order valence-electron chi connectivity index (χ4n) is 1.77. The number of hydrogen-bond donors (Lipinski definition) is 0. The Balaban J connectivity index is 1.92. The van der Waals surface area contributed by atoms with Gasteiger partial charge in [-0.05, 0) is 65.9 Å². The van der Waals surface area contributed by atoms with Crippen molar-refractivity contribution in [3.05, 3.63) is 63.2 Å². The summed E-state index contributed by atoms with van der Waals surface area (Å²) in [5.74, 6) is 0.0711. The summed E-state index contributed by atoms with van der Waals surface area (Å²) < 4.78 is 11.4. The van der Waals surface area contributed by atoms with Crippen LogP contribution in [0.2, 0.25) is 0 Å². The molecular weight excluding hydrogens is 395 g/mol. The number of Topliss-reactive ketones (excluding diaryl/α,β-unsaturated/α-hetero) is 1. The number of ketones is 1. The van der Waals surface area contributed by atoms with Gasteiger partial charge in [0.2, 0.25) is 0 Å². The highest BCUT2D eigenvalue weighted by Crippen LogP contribution is 2.14. The molecule has 0 fully saturated rings. The molecule has 4 nitrogen and oxygen atoms in total. The van der Waals surface area contributed by atoms with Gasteiger partial charge in [-0.25, -0.2) is 4.79 Å². The predicted molar refractivity (Wildman–Crippen MR) is 91.4 cm³/mol. The largest absolute Gasteiger partial charge is 0.485 e. The maximum atomic E-state index is 12.0. The van der Waals surface area contributed by atoms with Gasteiger partial charge in [-0.2, -0.15) is 0 Å². The molecule has 0 spiro atoms. The Morgan fingerprint density at radius 2 is 1.55 bits per heavy atom. The van der Waals surface area contributed by atoms with Crippen LogP contribution in [0.4, 0.5) is 0 Å². The maximum Gasteiger partial charge on any atom is 0.338 e. The lowest BCUT2D eigenvalue weighted by Gasteiger charge is -2.07. The molecule has 0 N–H and O–H groups in total. The van der Waals surface area contributed by atoms with E-state index >= 15 is 0 Å². The summed E-state index contributed by atoms with van der Waals surface area (Å²) in [6.07, 6.45) is 0. The van der Waals surface area contributed by atoms with Crippen LogP contribution in [0, 0.1) is 3.57 Å². The molecule has 0 aliphatic carbocycles. The van der Waals surface area contributed by atoms with Crippen molar-refractivity contribution in [2.24, 2.45) is 0 Å². The Bertz CT molecular complexity index is 647. The van der Waals surface area contributed by atoms with E-state index in [-0.39, 0.29) is 18.4 Å². The Kier molecular flexibility index (Phi) is 5.94. The van der Waals surface area contributed by atoms with Crippen LogP contribution in [0.5, 0.6) is 5.75 Å². The fourth-order valence-corrected chi connectivity index (χ4v) is 2.13. The van der Waals surface area contributed by atoms with Gasteiger partial charge in [0.1, 0.15) is 5.75 Å². The molecule has 5 heteroatoms. The van der Waals surface area contributed by atoms with Crippen LogP contribution in [-0.4, -0.2) is 25.0 Å². The number of halogens is 1. The van der Waals surface area contributed by atoms with Crippen molar-refractivity contribution >= 4 is 34.3 Å². The SMILES string of the molecule is CCOC(=O)c1ccc(OCC(=O)c2ccc(I)cc2)cc1. The summed E-state index contributed by atoms with van der Waals surface area (Å²) in [4.78, 5) is 23.5. The van der Waals surface area contributed by atoms with Crippen LogP contribution in [0.25, 0.3) is 0 Å². The van der Waals surface area contributed by atoms with Gasteiger partial charge in [-0.3, -0.25) is 4.79 Å². The minimum absolute atomic E-state index is 0.0423. The predicted octanol–water partition coefficient (Wildman–Crippen LogP) is 3.73. The molecule has 2 aromatic carbocycles. The highest BCUT2D eigenvalue weighted by atomic mass is 127. The number of benzene rings is 2. The van der Waals surface area contributed by atoms with E-state index in [1.54, 1.807) is 43.3 Å². The summed E-state index contributed by atoms with van der Waals surface area (Å²) >= 11 is 2.18. The molecule has 114 valence electrons. The molecule has 22 heavy (non-hydrogen) atoms. The Labute approximate surface area is 142 Å². The van der Waals surface area contributed by atoms with Crippen molar-refractivity contribution in [1.82, 2.24) is 0 Å². The molecule has 0 aliphatic rings. The number of rotatable bonds is 6. The normalized spacial score (nSPS) is 10.1. The van der Waals surface area contributed by atoms with E-state index in [0.717, 1.165) is 3.57 Å². The average Bonchev–Trinajstić information content (AvgIpc) is 2.54. The lowest BCUT2D eigenvalue weighted by atomic mass is 10.1. The summed E-state index contributed by atoms with van der Waals surface area (Å²) in [6.45, 7) is 2.05. The molecule has 0 aromatic heterocycles. The third-order valence-corrected chi connectivity index (χ3v) is 3.62. The zero-order chi connectivity index (χ0) is 15.9. The average molecular weight is 410 g/mol. The molecule has 2 aromatic rings. The lowest BCUT2D eigenvalue weighted by molar-refractivity contribution is 0.0526. The molecule has 0 saturated heterocycles. The number of carbonyl (C=O) groups is 2. The number of esters is 1. The molecule has 0 atom stereocenters. The second kappa shape index (κ2) is 7.93. The molecule has 0 amide bonds. The van der Waals surface area contributed by atoms with Crippen LogP contribution in [0.15, 0.2) is 48.5 Å². The third-order valence-electron chi connectivity index (χ3n) is 2.90. The molecule has 0 saturated carbocycles. The van der Waals surface area contributed by atoms with Gasteiger partial charge in [-0.15, -0.1) is 0 Å². The number of ether oxygens (including phenoxy) is 2. The van der Waals surface area contributed by atoms with E-state index < -0.39 is 0 Å². The fraction of sp³-hybridized carbons (Fsp3) is 0.176. The first-order chi connectivity index (χ1) is 10.6. The van der Waals surface area contributed by atoms with E-state index in [9.17, 15) is 9.59 Å². The Morgan fingerprint density at radius 1 is 0.955 bits per heavy atom. The molecular formula is C17H15IO4. The first-order valence-corrected chi connectivity index (χ1v) is 7.86. The quantitative estimate of drug-likeness (QED) is 0.414. The van der Waals surface area contributed by atoms with Crippen molar-refractivity contribution in [3.8, 4) is 5.75 Å². The zero-order valence-corrected chi connectivity index (χ0v) is 14.2. The van der Waals surface area contributed by atoms with Crippen LogP contribution in [-0.2, 0) is 4.74 Å². The topological polar surface area (TPSA) is 52.6 Å². The second-order valence-corrected chi connectivity index (χ2v) is 5.71. The van der Waals surface area contributed by atoms with Crippen LogP contribution in [0.3, 0.4) is 0 Å². The zero-order valence-electron chi connectivity index (χ0n) is 12.0. The number of carbonyl (C=O) groups excluding carboxylic acids is 2. The van der Waals surface area contributed by atoms with E-state index in [1.165, 1.54) is 0 Å². The molecule has 0 aliphatic heterocycles. The maximum absolute atomic E-state index is 12.0. The summed E-state index contributed by atoms with van der Waals surface area (Å²) in [5.41, 5.74) is 1.07. The highest BCUT2D eigenvalue weighted by molar-refractivity contribution is 14.1. The van der Waals surface area contributed by atoms with Crippen molar-refractivity contribution < 1.29 is 19.1 Å². The van der Waals surface area contributed by atoms with Crippen molar-refractivity contribution in [2.75, 3.05) is 13.2 Å². The second-order valence-electron chi connectivity index (χ2n) is 4.46. The smallest absolute Gasteiger partial charge is 0.338 e. The first-order valence-electron chi connectivity index (χ1n) is 6.79. The van der Waals surface area contributed by atoms with Crippen molar-refractivity contribution in [1.29, 1.82) is 0 Å². The summed E-state index contributed by atoms with van der Waals surface area (Å²) in [5, 5.41) is 0. The monoisotopic (exact) mass is 410 g/mol. The molecule has 2 rings (SSSR count). The summed E-state index contributed by atoms with van der Waals surface area (Å²) in [7, 11) is 0. The van der Waals surface area contributed by atoms with E-state index in [0.29, 0.717) is 23.5 Å². The highest BCUT2D eigenvalue weighted by Gasteiger charge is 2.08. The van der Waals surface area contributed by atoms with E-state index in [1.807, 2.05) is 12.1 Å². The number of hydrogen-bond acceptors (Lipinski definition) is 4. The van der Waals surface area contributed by atoms with Crippen LogP contribution >= 0.6 is 22.6 Å². The minimum Gasteiger partial charge on any atom is -0.485 e. The first kappa shape index (κ1) is 16.5. The van der Waals surface area contributed by atoms with E-state index in [4.69, 9.17) is 9.47 Å². The third kappa shape index (κ3) is 4.56. The Morgan fingerprint density at radius 3 is 2.14 bits per heavy atom. The van der Waals surface area contributed by atoms with Gasteiger partial charge in [0.05, 0.1) is 12.2 Å².